The molecule has 2 amide bonds. The van der Waals surface area contributed by atoms with Crippen LogP contribution in [0.3, 0.4) is 0 Å². The smallest absolute Gasteiger partial charge is 0.326 e. The summed E-state index contributed by atoms with van der Waals surface area (Å²) in [6, 6.07) is 3.77. The highest BCUT2D eigenvalue weighted by Gasteiger charge is 2.22. The van der Waals surface area contributed by atoms with Crippen molar-refractivity contribution >= 4 is 29.1 Å². The summed E-state index contributed by atoms with van der Waals surface area (Å²) in [6.07, 6.45) is 3.88. The van der Waals surface area contributed by atoms with Crippen LogP contribution in [0.15, 0.2) is 21.9 Å². The van der Waals surface area contributed by atoms with Crippen molar-refractivity contribution in [1.82, 2.24) is 20.0 Å². The second-order valence-electron chi connectivity index (χ2n) is 7.08. The van der Waals surface area contributed by atoms with Crippen LogP contribution in [-0.2, 0) is 25.7 Å². The number of esters is 1. The number of nitrogens with zero attached hydrogens (tertiary/aromatic N) is 4. The molecule has 2 aromatic heterocycles. The van der Waals surface area contributed by atoms with E-state index in [1.54, 1.807) is 0 Å². The molecule has 0 atom stereocenters. The first-order valence-corrected chi connectivity index (χ1v) is 11.0. The second kappa shape index (κ2) is 10.9. The predicted molar refractivity (Wildman–Crippen MR) is 109 cm³/mol. The van der Waals surface area contributed by atoms with Crippen molar-refractivity contribution in [2.45, 2.75) is 45.6 Å². The van der Waals surface area contributed by atoms with E-state index in [1.165, 1.54) is 21.1 Å². The van der Waals surface area contributed by atoms with Crippen LogP contribution in [0.2, 0.25) is 0 Å². The maximum Gasteiger partial charge on any atom is 0.326 e. The zero-order valence-corrected chi connectivity index (χ0v) is 17.9. The minimum Gasteiger partial charge on any atom is -0.454 e. The van der Waals surface area contributed by atoms with Gasteiger partial charge in [-0.1, -0.05) is 19.4 Å². The van der Waals surface area contributed by atoms with Crippen molar-refractivity contribution in [2.24, 2.45) is 0 Å². The number of hydrogen-bond donors (Lipinski definition) is 0. The summed E-state index contributed by atoms with van der Waals surface area (Å²) < 4.78 is 10.8. The topological polar surface area (TPSA) is 106 Å². The Kier molecular flexibility index (Phi) is 7.95. The van der Waals surface area contributed by atoms with E-state index in [9.17, 15) is 14.4 Å². The number of carbonyl (C=O) groups excluding carboxylic acids is 3. The first kappa shape index (κ1) is 21.9. The fourth-order valence-corrected chi connectivity index (χ4v) is 3.83. The van der Waals surface area contributed by atoms with Gasteiger partial charge in [-0.15, -0.1) is 21.5 Å². The fraction of sp³-hybridized carbons (Fsp3) is 0.550. The van der Waals surface area contributed by atoms with Crippen molar-refractivity contribution in [3.05, 3.63) is 23.4 Å². The normalized spacial score (nSPS) is 14.4. The molecular weight excluding hydrogens is 408 g/mol. The number of likely N-dealkylation sites (tertiary alicyclic amines) is 1. The highest BCUT2D eigenvalue weighted by molar-refractivity contribution is 7.13. The average molecular weight is 435 g/mol. The van der Waals surface area contributed by atoms with Gasteiger partial charge in [0.1, 0.15) is 6.54 Å². The van der Waals surface area contributed by atoms with Gasteiger partial charge < -0.3 is 19.0 Å². The lowest BCUT2D eigenvalue weighted by atomic mass is 10.2. The standard InChI is InChI=1S/C20H26N4O5S/c1-2-9-23(12-16-21-22-20(29-16)15-7-6-11-30-15)18(26)14-28-19(27)13-24-10-5-3-4-8-17(24)25/h6-7,11H,2-5,8-10,12-14H2,1H3. The number of ether oxygens (including phenoxy) is 1. The number of hydrogen-bond acceptors (Lipinski definition) is 8. The molecule has 0 N–H and O–H groups in total. The first-order chi connectivity index (χ1) is 14.6. The summed E-state index contributed by atoms with van der Waals surface area (Å²) in [5, 5.41) is 9.95. The van der Waals surface area contributed by atoms with E-state index in [-0.39, 0.29) is 31.5 Å². The fourth-order valence-electron chi connectivity index (χ4n) is 3.18. The molecule has 3 heterocycles. The van der Waals surface area contributed by atoms with E-state index >= 15 is 0 Å². The van der Waals surface area contributed by atoms with E-state index in [2.05, 4.69) is 10.2 Å². The summed E-state index contributed by atoms with van der Waals surface area (Å²) in [7, 11) is 0. The van der Waals surface area contributed by atoms with E-state index in [4.69, 9.17) is 9.15 Å². The number of aromatic nitrogens is 2. The minimum atomic E-state index is -0.576. The number of rotatable bonds is 9. The molecule has 30 heavy (non-hydrogen) atoms. The lowest BCUT2D eigenvalue weighted by molar-refractivity contribution is -0.155. The van der Waals surface area contributed by atoms with Crippen LogP contribution >= 0.6 is 11.3 Å². The van der Waals surface area contributed by atoms with Gasteiger partial charge in [-0.25, -0.2) is 0 Å². The molecule has 0 spiro atoms. The van der Waals surface area contributed by atoms with Crippen LogP contribution in [0.4, 0.5) is 0 Å². The Morgan fingerprint density at radius 1 is 1.30 bits per heavy atom. The zero-order chi connectivity index (χ0) is 21.3. The molecule has 162 valence electrons. The Morgan fingerprint density at radius 3 is 2.93 bits per heavy atom. The largest absolute Gasteiger partial charge is 0.454 e. The molecule has 0 saturated carbocycles. The average Bonchev–Trinajstić information content (AvgIpc) is 3.38. The van der Waals surface area contributed by atoms with Gasteiger partial charge in [0.05, 0.1) is 11.4 Å². The Morgan fingerprint density at radius 2 is 2.17 bits per heavy atom. The third-order valence-corrected chi connectivity index (χ3v) is 5.58. The number of amides is 2. The Balaban J connectivity index is 1.51. The van der Waals surface area contributed by atoms with E-state index in [0.717, 1.165) is 30.6 Å². The molecular formula is C20H26N4O5S. The third-order valence-electron chi connectivity index (χ3n) is 4.72. The summed E-state index contributed by atoms with van der Waals surface area (Å²) >= 11 is 1.49. The molecule has 0 bridgehead atoms. The van der Waals surface area contributed by atoms with Crippen LogP contribution in [0.1, 0.15) is 44.9 Å². The van der Waals surface area contributed by atoms with Gasteiger partial charge in [0.25, 0.3) is 11.8 Å². The molecule has 0 unspecified atom stereocenters. The lowest BCUT2D eigenvalue weighted by Crippen LogP contribution is -2.38. The summed E-state index contributed by atoms with van der Waals surface area (Å²) in [5.74, 6) is -0.225. The van der Waals surface area contributed by atoms with Crippen LogP contribution in [0.5, 0.6) is 0 Å². The molecule has 10 heteroatoms. The Hall–Kier alpha value is -2.75. The third kappa shape index (κ3) is 6.12. The monoisotopic (exact) mass is 434 g/mol. The maximum absolute atomic E-state index is 12.6. The number of thiophene rings is 1. The van der Waals surface area contributed by atoms with Gasteiger partial charge >= 0.3 is 5.97 Å². The predicted octanol–water partition coefficient (Wildman–Crippen LogP) is 2.48. The van der Waals surface area contributed by atoms with Gasteiger partial charge in [0.15, 0.2) is 6.61 Å². The summed E-state index contributed by atoms with van der Waals surface area (Å²) in [6.45, 7) is 2.61. The van der Waals surface area contributed by atoms with Gasteiger partial charge in [0, 0.05) is 19.5 Å². The molecule has 0 radical (unpaired) electrons. The van der Waals surface area contributed by atoms with Crippen molar-refractivity contribution < 1.29 is 23.5 Å². The van der Waals surface area contributed by atoms with Gasteiger partial charge in [-0.3, -0.25) is 14.4 Å². The Bertz CT molecular complexity index is 851. The van der Waals surface area contributed by atoms with Crippen LogP contribution in [0.25, 0.3) is 10.8 Å². The molecule has 1 saturated heterocycles. The van der Waals surface area contributed by atoms with E-state index in [1.807, 2.05) is 24.4 Å². The molecule has 3 rings (SSSR count). The molecule has 2 aromatic rings. The SMILES string of the molecule is CCCN(Cc1nnc(-c2cccs2)o1)C(=O)COC(=O)CN1CCCCCC1=O. The zero-order valence-electron chi connectivity index (χ0n) is 17.0. The molecule has 0 aromatic carbocycles. The Labute approximate surface area is 179 Å². The second-order valence-corrected chi connectivity index (χ2v) is 8.03. The van der Waals surface area contributed by atoms with Gasteiger partial charge in [0.2, 0.25) is 11.8 Å². The van der Waals surface area contributed by atoms with Gasteiger partial charge in [-0.2, -0.15) is 0 Å². The van der Waals surface area contributed by atoms with E-state index < -0.39 is 5.97 Å². The summed E-state index contributed by atoms with van der Waals surface area (Å²) in [4.78, 5) is 40.6. The molecule has 9 nitrogen and oxygen atoms in total. The first-order valence-electron chi connectivity index (χ1n) is 10.1. The van der Waals surface area contributed by atoms with E-state index in [0.29, 0.717) is 31.3 Å². The highest BCUT2D eigenvalue weighted by atomic mass is 32.1. The minimum absolute atomic E-state index is 0.0404. The molecule has 1 aliphatic rings. The molecule has 0 aliphatic carbocycles. The van der Waals surface area contributed by atoms with Crippen molar-refractivity contribution in [3.8, 4) is 10.8 Å². The molecule has 1 aliphatic heterocycles. The van der Waals surface area contributed by atoms with Crippen molar-refractivity contribution in [2.75, 3.05) is 26.2 Å². The van der Waals surface area contributed by atoms with Crippen molar-refractivity contribution in [3.63, 3.8) is 0 Å². The quantitative estimate of drug-likeness (QED) is 0.558. The highest BCUT2D eigenvalue weighted by Crippen LogP contribution is 2.23. The van der Waals surface area contributed by atoms with Crippen molar-refractivity contribution in [1.29, 1.82) is 0 Å². The van der Waals surface area contributed by atoms with Crippen LogP contribution in [0, 0.1) is 0 Å². The van der Waals surface area contributed by atoms with Crippen LogP contribution in [-0.4, -0.2) is 64.0 Å². The van der Waals surface area contributed by atoms with Crippen LogP contribution < -0.4 is 0 Å². The lowest BCUT2D eigenvalue weighted by Gasteiger charge is -2.21. The summed E-state index contributed by atoms with van der Waals surface area (Å²) in [5.41, 5.74) is 0. The number of carbonyl (C=O) groups is 3. The van der Waals surface area contributed by atoms with Gasteiger partial charge in [-0.05, 0) is 30.7 Å². The maximum atomic E-state index is 12.6. The molecule has 1 fully saturated rings.